The molecule has 8 heteroatoms. The molecule has 1 aliphatic heterocycles. The number of cyclic esters (lactones) is 1. The SMILES string of the molecule is NC(=O)[C@]1([C@@H](O)CO)OC(=O)C(O)C1=O. The summed E-state index contributed by atoms with van der Waals surface area (Å²) in [6, 6.07) is 0. The average Bonchev–Trinajstić information content (AvgIpc) is 2.42. The molecule has 3 atom stereocenters. The highest BCUT2D eigenvalue weighted by Gasteiger charge is 2.63. The van der Waals surface area contributed by atoms with Crippen LogP contribution in [0.3, 0.4) is 0 Å². The van der Waals surface area contributed by atoms with Crippen molar-refractivity contribution in [1.82, 2.24) is 0 Å². The van der Waals surface area contributed by atoms with Crippen molar-refractivity contribution in [3.05, 3.63) is 0 Å². The molecular formula is C7H9NO7. The number of esters is 1. The molecule has 8 nitrogen and oxygen atoms in total. The first-order valence-electron chi connectivity index (χ1n) is 3.92. The first-order chi connectivity index (χ1) is 6.87. The number of carbonyl (C=O) groups is 3. The van der Waals surface area contributed by atoms with Crippen molar-refractivity contribution in [3.8, 4) is 0 Å². The number of ether oxygens (including phenoxy) is 1. The molecule has 1 saturated heterocycles. The first-order valence-corrected chi connectivity index (χ1v) is 3.92. The van der Waals surface area contributed by atoms with E-state index in [1.807, 2.05) is 0 Å². The van der Waals surface area contributed by atoms with E-state index in [1.54, 1.807) is 0 Å². The molecule has 15 heavy (non-hydrogen) atoms. The minimum absolute atomic E-state index is 1.02. The Bertz CT molecular complexity index is 327. The zero-order valence-corrected chi connectivity index (χ0v) is 7.41. The van der Waals surface area contributed by atoms with Crippen molar-refractivity contribution in [1.29, 1.82) is 0 Å². The number of rotatable bonds is 3. The topological polar surface area (TPSA) is 147 Å². The fraction of sp³-hybridized carbons (Fsp3) is 0.571. The third-order valence-corrected chi connectivity index (χ3v) is 2.11. The van der Waals surface area contributed by atoms with Crippen LogP contribution in [0, 0.1) is 0 Å². The van der Waals surface area contributed by atoms with Crippen LogP contribution in [0.25, 0.3) is 0 Å². The van der Waals surface area contributed by atoms with E-state index in [-0.39, 0.29) is 0 Å². The van der Waals surface area contributed by atoms with Gasteiger partial charge in [-0.2, -0.15) is 0 Å². The van der Waals surface area contributed by atoms with Gasteiger partial charge in [0.1, 0.15) is 6.10 Å². The number of hydrogen-bond acceptors (Lipinski definition) is 7. The minimum Gasteiger partial charge on any atom is -0.435 e. The molecular weight excluding hydrogens is 210 g/mol. The molecule has 1 unspecified atom stereocenters. The fourth-order valence-electron chi connectivity index (χ4n) is 1.27. The lowest BCUT2D eigenvalue weighted by Gasteiger charge is -2.25. The zero-order chi connectivity index (χ0) is 11.8. The standard InChI is InChI=1S/C7H9NO7/c8-6(14)7(2(10)1-9)4(12)3(11)5(13)15-7/h2-3,9-11H,1H2,(H2,8,14)/t2-,3?,7+/m0/s1. The Labute approximate surface area is 83.2 Å². The van der Waals surface area contributed by atoms with E-state index in [2.05, 4.69) is 4.74 Å². The molecule has 1 amide bonds. The molecule has 0 radical (unpaired) electrons. The summed E-state index contributed by atoms with van der Waals surface area (Å²) < 4.78 is 4.26. The van der Waals surface area contributed by atoms with Crippen LogP contribution in [-0.2, 0) is 19.1 Å². The maximum absolute atomic E-state index is 11.3. The largest absolute Gasteiger partial charge is 0.435 e. The van der Waals surface area contributed by atoms with Crippen molar-refractivity contribution in [3.63, 3.8) is 0 Å². The van der Waals surface area contributed by atoms with Gasteiger partial charge in [-0.3, -0.25) is 9.59 Å². The number of hydrogen-bond donors (Lipinski definition) is 4. The Hall–Kier alpha value is -1.51. The molecule has 1 heterocycles. The van der Waals surface area contributed by atoms with Gasteiger partial charge in [0, 0.05) is 0 Å². The average molecular weight is 219 g/mol. The first kappa shape index (κ1) is 11.6. The van der Waals surface area contributed by atoms with Crippen molar-refractivity contribution in [2.24, 2.45) is 5.73 Å². The highest BCUT2D eigenvalue weighted by Crippen LogP contribution is 2.27. The minimum atomic E-state index is -2.69. The van der Waals surface area contributed by atoms with E-state index >= 15 is 0 Å². The van der Waals surface area contributed by atoms with Gasteiger partial charge in [-0.05, 0) is 0 Å². The van der Waals surface area contributed by atoms with Crippen LogP contribution >= 0.6 is 0 Å². The van der Waals surface area contributed by atoms with Crippen LogP contribution < -0.4 is 5.73 Å². The Kier molecular flexibility index (Phi) is 2.75. The second-order valence-electron chi connectivity index (χ2n) is 2.99. The summed E-state index contributed by atoms with van der Waals surface area (Å²) in [4.78, 5) is 33.1. The number of primary amides is 1. The van der Waals surface area contributed by atoms with E-state index < -0.39 is 42.1 Å². The number of ketones is 1. The lowest BCUT2D eigenvalue weighted by molar-refractivity contribution is -0.174. The maximum Gasteiger partial charge on any atom is 0.344 e. The summed E-state index contributed by atoms with van der Waals surface area (Å²) in [7, 11) is 0. The highest BCUT2D eigenvalue weighted by atomic mass is 16.6. The zero-order valence-electron chi connectivity index (χ0n) is 7.41. The van der Waals surface area contributed by atoms with Gasteiger partial charge in [-0.15, -0.1) is 0 Å². The van der Waals surface area contributed by atoms with Crippen LogP contribution in [0.1, 0.15) is 0 Å². The molecule has 0 aliphatic carbocycles. The fourth-order valence-corrected chi connectivity index (χ4v) is 1.27. The van der Waals surface area contributed by atoms with Gasteiger partial charge in [-0.25, -0.2) is 4.79 Å². The van der Waals surface area contributed by atoms with Crippen molar-refractivity contribution < 1.29 is 34.4 Å². The number of Topliss-reactive ketones (excluding diaryl/α,β-unsaturated/α-hetero) is 1. The van der Waals surface area contributed by atoms with Gasteiger partial charge < -0.3 is 25.8 Å². The van der Waals surface area contributed by atoms with Gasteiger partial charge in [0.2, 0.25) is 11.9 Å². The van der Waals surface area contributed by atoms with Crippen molar-refractivity contribution >= 4 is 17.7 Å². The quantitative estimate of drug-likeness (QED) is 0.279. The molecule has 0 aromatic rings. The number of nitrogens with two attached hydrogens (primary N) is 1. The van der Waals surface area contributed by atoms with Crippen LogP contribution in [0.5, 0.6) is 0 Å². The number of amides is 1. The molecule has 0 aromatic carbocycles. The summed E-state index contributed by atoms with van der Waals surface area (Å²) in [5.74, 6) is -4.20. The predicted octanol–water partition coefficient (Wildman–Crippen LogP) is -3.95. The highest BCUT2D eigenvalue weighted by molar-refractivity contribution is 6.22. The van der Waals surface area contributed by atoms with E-state index in [9.17, 15) is 19.5 Å². The molecule has 84 valence electrons. The molecule has 0 aromatic heterocycles. The molecule has 5 N–H and O–H groups in total. The summed E-state index contributed by atoms with van der Waals surface area (Å²) in [6.07, 6.45) is -4.16. The lowest BCUT2D eigenvalue weighted by Crippen LogP contribution is -2.60. The van der Waals surface area contributed by atoms with Crippen LogP contribution in [0.4, 0.5) is 0 Å². The van der Waals surface area contributed by atoms with Crippen LogP contribution in [0.15, 0.2) is 0 Å². The Morgan fingerprint density at radius 2 is 2.13 bits per heavy atom. The molecule has 1 rings (SSSR count). The lowest BCUT2D eigenvalue weighted by atomic mass is 9.90. The monoisotopic (exact) mass is 219 g/mol. The Balaban J connectivity index is 3.20. The summed E-state index contributed by atoms with van der Waals surface area (Å²) >= 11 is 0. The Morgan fingerprint density at radius 3 is 2.40 bits per heavy atom. The maximum atomic E-state index is 11.3. The molecule has 1 fully saturated rings. The second kappa shape index (κ2) is 3.57. The summed E-state index contributed by atoms with van der Waals surface area (Å²) in [5, 5.41) is 26.8. The summed E-state index contributed by atoms with van der Waals surface area (Å²) in [5.41, 5.74) is 2.12. The predicted molar refractivity (Wildman–Crippen MR) is 42.1 cm³/mol. The molecule has 0 bridgehead atoms. The van der Waals surface area contributed by atoms with E-state index in [0.717, 1.165) is 0 Å². The van der Waals surface area contributed by atoms with Gasteiger partial charge in [0.25, 0.3) is 11.5 Å². The number of carbonyl (C=O) groups excluding carboxylic acids is 3. The normalized spacial score (nSPS) is 32.6. The van der Waals surface area contributed by atoms with E-state index in [4.69, 9.17) is 15.9 Å². The molecule has 1 aliphatic rings. The van der Waals surface area contributed by atoms with Gasteiger partial charge in [-0.1, -0.05) is 0 Å². The molecule has 0 saturated carbocycles. The third-order valence-electron chi connectivity index (χ3n) is 2.11. The number of aliphatic hydroxyl groups excluding tert-OH is 3. The van der Waals surface area contributed by atoms with Crippen LogP contribution in [0.2, 0.25) is 0 Å². The van der Waals surface area contributed by atoms with Gasteiger partial charge >= 0.3 is 5.97 Å². The molecule has 0 spiro atoms. The summed E-state index contributed by atoms with van der Waals surface area (Å²) in [6.45, 7) is -1.02. The number of aliphatic hydroxyl groups is 3. The van der Waals surface area contributed by atoms with Gasteiger partial charge in [0.15, 0.2) is 0 Å². The van der Waals surface area contributed by atoms with E-state index in [1.165, 1.54) is 0 Å². The van der Waals surface area contributed by atoms with Crippen molar-refractivity contribution in [2.45, 2.75) is 17.8 Å². The second-order valence-corrected chi connectivity index (χ2v) is 2.99. The van der Waals surface area contributed by atoms with Crippen molar-refractivity contribution in [2.75, 3.05) is 6.61 Å². The Morgan fingerprint density at radius 1 is 1.60 bits per heavy atom. The van der Waals surface area contributed by atoms with Crippen LogP contribution in [-0.4, -0.2) is 57.4 Å². The van der Waals surface area contributed by atoms with Gasteiger partial charge in [0.05, 0.1) is 6.61 Å². The smallest absolute Gasteiger partial charge is 0.344 e. The third kappa shape index (κ3) is 1.39. The van der Waals surface area contributed by atoms with E-state index in [0.29, 0.717) is 0 Å².